The van der Waals surface area contributed by atoms with Crippen LogP contribution in [0, 0.1) is 0 Å². The zero-order valence-electron chi connectivity index (χ0n) is 10.5. The van der Waals surface area contributed by atoms with Crippen LogP contribution in [0.3, 0.4) is 0 Å². The van der Waals surface area contributed by atoms with Crippen LogP contribution >= 0.6 is 0 Å². The average Bonchev–Trinajstić information content (AvgIpc) is 2.81. The van der Waals surface area contributed by atoms with E-state index >= 15 is 0 Å². The molecule has 1 aromatic carbocycles. The van der Waals surface area contributed by atoms with Gasteiger partial charge in [0.1, 0.15) is 17.9 Å². The maximum atomic E-state index is 9.23. The third-order valence-electron chi connectivity index (χ3n) is 2.83. The van der Waals surface area contributed by atoms with Crippen molar-refractivity contribution >= 4 is 0 Å². The van der Waals surface area contributed by atoms with E-state index in [9.17, 15) is 5.11 Å². The standard InChI is InChI=1S/C13H18N4O/c1-2-7-17-9-15-16-13(17)12(14)8-10-3-5-11(18)6-4-10/h3-6,9,12,18H,2,7-8,14H2,1H3/t12-/m0/s1. The van der Waals surface area contributed by atoms with Crippen LogP contribution in [0.15, 0.2) is 30.6 Å². The molecule has 0 radical (unpaired) electrons. The third kappa shape index (κ3) is 2.87. The summed E-state index contributed by atoms with van der Waals surface area (Å²) in [5.41, 5.74) is 7.23. The molecule has 0 unspecified atom stereocenters. The van der Waals surface area contributed by atoms with Gasteiger partial charge in [-0.05, 0) is 30.5 Å². The van der Waals surface area contributed by atoms with E-state index in [1.165, 1.54) is 0 Å². The zero-order valence-corrected chi connectivity index (χ0v) is 10.5. The van der Waals surface area contributed by atoms with Crippen LogP contribution in [0.2, 0.25) is 0 Å². The molecule has 3 N–H and O–H groups in total. The van der Waals surface area contributed by atoms with Gasteiger partial charge in [0, 0.05) is 6.54 Å². The summed E-state index contributed by atoms with van der Waals surface area (Å²) in [6.07, 6.45) is 3.43. The Kier molecular flexibility index (Phi) is 3.94. The summed E-state index contributed by atoms with van der Waals surface area (Å²) in [5.74, 6) is 1.08. The molecule has 1 aromatic heterocycles. The van der Waals surface area contributed by atoms with Crippen molar-refractivity contribution in [3.8, 4) is 5.75 Å². The summed E-state index contributed by atoms with van der Waals surface area (Å²) in [6, 6.07) is 6.90. The van der Waals surface area contributed by atoms with Crippen LogP contribution in [-0.2, 0) is 13.0 Å². The van der Waals surface area contributed by atoms with E-state index < -0.39 is 0 Å². The number of aromatic nitrogens is 3. The van der Waals surface area contributed by atoms with Gasteiger partial charge in [-0.25, -0.2) is 0 Å². The molecule has 0 saturated carbocycles. The first kappa shape index (κ1) is 12.6. The molecule has 0 bridgehead atoms. The van der Waals surface area contributed by atoms with Crippen LogP contribution < -0.4 is 5.73 Å². The van der Waals surface area contributed by atoms with Gasteiger partial charge in [0.25, 0.3) is 0 Å². The number of nitrogens with two attached hydrogens (primary N) is 1. The largest absolute Gasteiger partial charge is 0.508 e. The molecule has 0 aliphatic heterocycles. The predicted molar refractivity (Wildman–Crippen MR) is 69.1 cm³/mol. The Balaban J connectivity index is 2.09. The third-order valence-corrected chi connectivity index (χ3v) is 2.83. The first-order valence-corrected chi connectivity index (χ1v) is 6.12. The lowest BCUT2D eigenvalue weighted by molar-refractivity contribution is 0.475. The summed E-state index contributed by atoms with van der Waals surface area (Å²) < 4.78 is 1.99. The van der Waals surface area contributed by atoms with Crippen molar-refractivity contribution in [3.05, 3.63) is 42.0 Å². The molecule has 5 nitrogen and oxygen atoms in total. The Bertz CT molecular complexity index is 492. The Morgan fingerprint density at radius 2 is 2.06 bits per heavy atom. The number of hydrogen-bond donors (Lipinski definition) is 2. The Hall–Kier alpha value is -1.88. The van der Waals surface area contributed by atoms with Crippen LogP contribution in [0.4, 0.5) is 0 Å². The molecule has 0 aliphatic carbocycles. The number of phenols is 1. The first-order chi connectivity index (χ1) is 8.70. The molecule has 5 heteroatoms. The zero-order chi connectivity index (χ0) is 13.0. The van der Waals surface area contributed by atoms with Crippen molar-refractivity contribution < 1.29 is 5.11 Å². The molecule has 0 saturated heterocycles. The Morgan fingerprint density at radius 3 is 2.72 bits per heavy atom. The summed E-state index contributed by atoms with van der Waals surface area (Å²) in [6.45, 7) is 2.99. The van der Waals surface area contributed by atoms with Gasteiger partial charge >= 0.3 is 0 Å². The van der Waals surface area contributed by atoms with Crippen molar-refractivity contribution in [1.29, 1.82) is 0 Å². The lowest BCUT2D eigenvalue weighted by atomic mass is 10.1. The molecule has 18 heavy (non-hydrogen) atoms. The normalized spacial score (nSPS) is 12.6. The molecule has 96 valence electrons. The second kappa shape index (κ2) is 5.64. The van der Waals surface area contributed by atoms with Gasteiger partial charge in [0.15, 0.2) is 0 Å². The number of aromatic hydroxyl groups is 1. The van der Waals surface area contributed by atoms with Crippen molar-refractivity contribution in [3.63, 3.8) is 0 Å². The number of rotatable bonds is 5. The highest BCUT2D eigenvalue weighted by molar-refractivity contribution is 5.26. The Labute approximate surface area is 106 Å². The minimum absolute atomic E-state index is 0.177. The van der Waals surface area contributed by atoms with Gasteiger partial charge in [-0.1, -0.05) is 19.1 Å². The van der Waals surface area contributed by atoms with E-state index in [4.69, 9.17) is 5.73 Å². The minimum Gasteiger partial charge on any atom is -0.508 e. The minimum atomic E-state index is -0.177. The van der Waals surface area contributed by atoms with Crippen LogP contribution in [0.5, 0.6) is 5.75 Å². The lowest BCUT2D eigenvalue weighted by Crippen LogP contribution is -2.19. The first-order valence-electron chi connectivity index (χ1n) is 6.12. The van der Waals surface area contributed by atoms with Crippen molar-refractivity contribution in [2.45, 2.75) is 32.4 Å². The maximum absolute atomic E-state index is 9.23. The van der Waals surface area contributed by atoms with Gasteiger partial charge < -0.3 is 15.4 Å². The molecular formula is C13H18N4O. The summed E-state index contributed by atoms with van der Waals surface area (Å²) in [7, 11) is 0. The molecule has 1 heterocycles. The summed E-state index contributed by atoms with van der Waals surface area (Å²) in [5, 5.41) is 17.2. The van der Waals surface area contributed by atoms with E-state index in [1.807, 2.05) is 16.7 Å². The van der Waals surface area contributed by atoms with Crippen LogP contribution in [0.1, 0.15) is 30.8 Å². The van der Waals surface area contributed by atoms with Gasteiger partial charge in [-0.2, -0.15) is 0 Å². The van der Waals surface area contributed by atoms with Crippen molar-refractivity contribution in [1.82, 2.24) is 14.8 Å². The SMILES string of the molecule is CCCn1cnnc1[C@@H](N)Cc1ccc(O)cc1. The van der Waals surface area contributed by atoms with E-state index in [1.54, 1.807) is 18.5 Å². The monoisotopic (exact) mass is 246 g/mol. The van der Waals surface area contributed by atoms with Crippen LogP contribution in [-0.4, -0.2) is 19.9 Å². The van der Waals surface area contributed by atoms with Crippen molar-refractivity contribution in [2.24, 2.45) is 5.73 Å². The van der Waals surface area contributed by atoms with Gasteiger partial charge in [-0.15, -0.1) is 10.2 Å². The van der Waals surface area contributed by atoms with E-state index in [0.717, 1.165) is 24.4 Å². The summed E-state index contributed by atoms with van der Waals surface area (Å²) >= 11 is 0. The summed E-state index contributed by atoms with van der Waals surface area (Å²) in [4.78, 5) is 0. The Morgan fingerprint density at radius 1 is 1.33 bits per heavy atom. The average molecular weight is 246 g/mol. The molecule has 0 spiro atoms. The smallest absolute Gasteiger partial charge is 0.150 e. The lowest BCUT2D eigenvalue weighted by Gasteiger charge is -2.12. The maximum Gasteiger partial charge on any atom is 0.150 e. The second-order valence-corrected chi connectivity index (χ2v) is 4.36. The number of phenolic OH excluding ortho intramolecular Hbond substituents is 1. The molecule has 2 rings (SSSR count). The highest BCUT2D eigenvalue weighted by atomic mass is 16.3. The number of hydrogen-bond acceptors (Lipinski definition) is 4. The fourth-order valence-electron chi connectivity index (χ4n) is 1.94. The molecule has 0 amide bonds. The fourth-order valence-corrected chi connectivity index (χ4v) is 1.94. The number of nitrogens with zero attached hydrogens (tertiary/aromatic N) is 3. The highest BCUT2D eigenvalue weighted by Crippen LogP contribution is 2.16. The van der Waals surface area contributed by atoms with Crippen LogP contribution in [0.25, 0.3) is 0 Å². The van der Waals surface area contributed by atoms with E-state index in [2.05, 4.69) is 17.1 Å². The number of benzene rings is 1. The van der Waals surface area contributed by atoms with Gasteiger partial charge in [0.05, 0.1) is 6.04 Å². The van der Waals surface area contributed by atoms with E-state index in [-0.39, 0.29) is 11.8 Å². The predicted octanol–water partition coefficient (Wildman–Crippen LogP) is 1.64. The quantitative estimate of drug-likeness (QED) is 0.840. The van der Waals surface area contributed by atoms with E-state index in [0.29, 0.717) is 6.42 Å². The number of aryl methyl sites for hydroxylation is 1. The molecule has 0 aliphatic rings. The van der Waals surface area contributed by atoms with Gasteiger partial charge in [-0.3, -0.25) is 0 Å². The van der Waals surface area contributed by atoms with Gasteiger partial charge in [0.2, 0.25) is 0 Å². The molecular weight excluding hydrogens is 228 g/mol. The molecule has 1 atom stereocenters. The topological polar surface area (TPSA) is 77.0 Å². The fraction of sp³-hybridized carbons (Fsp3) is 0.385. The highest BCUT2D eigenvalue weighted by Gasteiger charge is 2.13. The molecule has 0 fully saturated rings. The second-order valence-electron chi connectivity index (χ2n) is 4.36. The van der Waals surface area contributed by atoms with Crippen molar-refractivity contribution in [2.75, 3.05) is 0 Å². The molecule has 2 aromatic rings.